The molecule has 1 aromatic heterocycles. The predicted octanol–water partition coefficient (Wildman–Crippen LogP) is 3.17. The number of amides is 1. The highest BCUT2D eigenvalue weighted by atomic mass is 32.2. The molecule has 0 atom stereocenters. The zero-order chi connectivity index (χ0) is 21.6. The van der Waals surface area contributed by atoms with Crippen molar-refractivity contribution in [2.24, 2.45) is 0 Å². The predicted molar refractivity (Wildman–Crippen MR) is 124 cm³/mol. The molecule has 3 aromatic rings. The summed E-state index contributed by atoms with van der Waals surface area (Å²) in [5.74, 6) is 0.481. The number of imidazole rings is 1. The molecule has 0 aliphatic carbocycles. The largest absolute Gasteiger partial charge is 0.390 e. The summed E-state index contributed by atoms with van der Waals surface area (Å²) in [5, 5.41) is 10.3. The molecule has 0 radical (unpaired) electrons. The Labute approximate surface area is 187 Å². The number of nitrogens with zero attached hydrogens (tertiary/aromatic N) is 4. The smallest absolute Gasteiger partial charge is 0.233 e. The third-order valence-electron chi connectivity index (χ3n) is 5.50. The van der Waals surface area contributed by atoms with Crippen LogP contribution in [0.4, 0.5) is 5.69 Å². The van der Waals surface area contributed by atoms with Crippen LogP contribution in [0.25, 0.3) is 0 Å². The highest BCUT2D eigenvalue weighted by Crippen LogP contribution is 2.21. The van der Waals surface area contributed by atoms with Crippen LogP contribution in [0.1, 0.15) is 16.8 Å². The van der Waals surface area contributed by atoms with Crippen LogP contribution in [0.3, 0.4) is 0 Å². The summed E-state index contributed by atoms with van der Waals surface area (Å²) >= 11 is 1.44. The zero-order valence-corrected chi connectivity index (χ0v) is 18.6. The maximum atomic E-state index is 12.8. The normalized spacial score (nSPS) is 14.1. The average molecular weight is 437 g/mol. The van der Waals surface area contributed by atoms with Gasteiger partial charge in [-0.3, -0.25) is 4.79 Å². The van der Waals surface area contributed by atoms with Gasteiger partial charge in [0.1, 0.15) is 0 Å². The van der Waals surface area contributed by atoms with Gasteiger partial charge in [0, 0.05) is 44.6 Å². The number of piperazine rings is 1. The minimum absolute atomic E-state index is 0.107. The van der Waals surface area contributed by atoms with Crippen molar-refractivity contribution >= 4 is 23.4 Å². The van der Waals surface area contributed by atoms with Crippen molar-refractivity contribution in [3.8, 4) is 0 Å². The van der Waals surface area contributed by atoms with E-state index in [0.29, 0.717) is 18.0 Å². The maximum absolute atomic E-state index is 12.8. The third kappa shape index (κ3) is 5.48. The van der Waals surface area contributed by atoms with Gasteiger partial charge in [-0.1, -0.05) is 59.8 Å². The number of aromatic nitrogens is 2. The fourth-order valence-electron chi connectivity index (χ4n) is 3.72. The Balaban J connectivity index is 1.34. The van der Waals surface area contributed by atoms with Gasteiger partial charge in [0.2, 0.25) is 5.91 Å². The van der Waals surface area contributed by atoms with Gasteiger partial charge in [0.25, 0.3) is 0 Å². The van der Waals surface area contributed by atoms with Crippen molar-refractivity contribution in [1.82, 2.24) is 14.5 Å². The molecule has 1 amide bonds. The van der Waals surface area contributed by atoms with Crippen molar-refractivity contribution < 1.29 is 9.90 Å². The summed E-state index contributed by atoms with van der Waals surface area (Å²) in [5.41, 5.74) is 4.22. The molecule has 31 heavy (non-hydrogen) atoms. The zero-order valence-electron chi connectivity index (χ0n) is 17.8. The molecule has 7 heteroatoms. The molecule has 1 aliphatic heterocycles. The molecule has 2 aromatic carbocycles. The number of aryl methyl sites for hydroxylation is 1. The minimum atomic E-state index is -0.107. The Morgan fingerprint density at radius 1 is 1.03 bits per heavy atom. The van der Waals surface area contributed by atoms with E-state index < -0.39 is 0 Å². The SMILES string of the molecule is Cc1ccc(Cn2cc(CO)nc2SCC(=O)N2CCN(c3ccccc3)CC2)cc1. The first-order chi connectivity index (χ1) is 15.1. The lowest BCUT2D eigenvalue weighted by molar-refractivity contribution is -0.128. The van der Waals surface area contributed by atoms with E-state index >= 15 is 0 Å². The van der Waals surface area contributed by atoms with Crippen molar-refractivity contribution in [2.45, 2.75) is 25.2 Å². The number of hydrogen-bond acceptors (Lipinski definition) is 5. The quantitative estimate of drug-likeness (QED) is 0.577. The minimum Gasteiger partial charge on any atom is -0.390 e. The molecule has 4 rings (SSSR count). The van der Waals surface area contributed by atoms with Crippen molar-refractivity contribution in [3.05, 3.63) is 77.6 Å². The second-order valence-electron chi connectivity index (χ2n) is 7.78. The van der Waals surface area contributed by atoms with Crippen molar-refractivity contribution in [1.29, 1.82) is 0 Å². The number of carbonyl (C=O) groups excluding carboxylic acids is 1. The fraction of sp³-hybridized carbons (Fsp3) is 0.333. The topological polar surface area (TPSA) is 61.6 Å². The number of aliphatic hydroxyl groups is 1. The van der Waals surface area contributed by atoms with Gasteiger partial charge in [-0.15, -0.1) is 0 Å². The van der Waals surface area contributed by atoms with Crippen molar-refractivity contribution in [2.75, 3.05) is 36.8 Å². The van der Waals surface area contributed by atoms with Gasteiger partial charge < -0.3 is 19.5 Å². The Hall–Kier alpha value is -2.77. The van der Waals surface area contributed by atoms with E-state index in [1.54, 1.807) is 0 Å². The molecule has 0 unspecified atom stereocenters. The monoisotopic (exact) mass is 436 g/mol. The molecule has 162 valence electrons. The molecule has 0 spiro atoms. The van der Waals surface area contributed by atoms with E-state index in [-0.39, 0.29) is 12.5 Å². The summed E-state index contributed by atoms with van der Waals surface area (Å²) < 4.78 is 2.02. The van der Waals surface area contributed by atoms with Crippen LogP contribution in [0.2, 0.25) is 0 Å². The molecule has 6 nitrogen and oxygen atoms in total. The van der Waals surface area contributed by atoms with E-state index in [1.807, 2.05) is 33.9 Å². The lowest BCUT2D eigenvalue weighted by Gasteiger charge is -2.36. The second kappa shape index (κ2) is 10.0. The Kier molecular flexibility index (Phi) is 6.94. The first kappa shape index (κ1) is 21.5. The van der Waals surface area contributed by atoms with Crippen LogP contribution < -0.4 is 4.90 Å². The van der Waals surface area contributed by atoms with Gasteiger partial charge in [-0.05, 0) is 24.6 Å². The third-order valence-corrected chi connectivity index (χ3v) is 6.48. The number of carbonyl (C=O) groups is 1. The summed E-state index contributed by atoms with van der Waals surface area (Å²) in [6, 6.07) is 18.7. The van der Waals surface area contributed by atoms with E-state index in [4.69, 9.17) is 0 Å². The number of benzene rings is 2. The molecular weight excluding hydrogens is 408 g/mol. The highest BCUT2D eigenvalue weighted by Gasteiger charge is 2.22. The summed E-state index contributed by atoms with van der Waals surface area (Å²) in [6.45, 7) is 5.77. The van der Waals surface area contributed by atoms with Gasteiger partial charge in [-0.2, -0.15) is 0 Å². The van der Waals surface area contributed by atoms with Gasteiger partial charge in [-0.25, -0.2) is 4.98 Å². The standard InChI is InChI=1S/C24H28N4O2S/c1-19-7-9-20(10-8-19)15-28-16-21(17-29)25-24(28)31-18-23(30)27-13-11-26(12-14-27)22-5-3-2-4-6-22/h2-10,16,29H,11-15,17-18H2,1H3. The Morgan fingerprint density at radius 2 is 1.74 bits per heavy atom. The Bertz CT molecular complexity index is 996. The van der Waals surface area contributed by atoms with Crippen LogP contribution >= 0.6 is 11.8 Å². The van der Waals surface area contributed by atoms with E-state index in [1.165, 1.54) is 23.0 Å². The van der Waals surface area contributed by atoms with E-state index in [2.05, 4.69) is 53.2 Å². The fourth-order valence-corrected chi connectivity index (χ4v) is 4.62. The number of hydrogen-bond donors (Lipinski definition) is 1. The number of anilines is 1. The first-order valence-corrected chi connectivity index (χ1v) is 11.5. The number of aliphatic hydroxyl groups excluding tert-OH is 1. The van der Waals surface area contributed by atoms with E-state index in [9.17, 15) is 9.90 Å². The molecular formula is C24H28N4O2S. The molecule has 2 heterocycles. The molecule has 0 saturated carbocycles. The maximum Gasteiger partial charge on any atom is 0.233 e. The average Bonchev–Trinajstić information content (AvgIpc) is 3.21. The van der Waals surface area contributed by atoms with Crippen molar-refractivity contribution in [3.63, 3.8) is 0 Å². The van der Waals surface area contributed by atoms with Crippen LogP contribution in [0, 0.1) is 6.92 Å². The summed E-state index contributed by atoms with van der Waals surface area (Å²) in [7, 11) is 0. The van der Waals surface area contributed by atoms with Gasteiger partial charge in [0.05, 0.1) is 18.1 Å². The number of para-hydroxylation sites is 1. The molecule has 1 fully saturated rings. The lowest BCUT2D eigenvalue weighted by atomic mass is 10.1. The number of rotatable bonds is 7. The van der Waals surface area contributed by atoms with Crippen LogP contribution in [-0.4, -0.2) is 57.4 Å². The highest BCUT2D eigenvalue weighted by molar-refractivity contribution is 7.99. The molecule has 1 saturated heterocycles. The van der Waals surface area contributed by atoms with Crippen LogP contribution in [0.15, 0.2) is 66.0 Å². The molecule has 1 aliphatic rings. The molecule has 0 bridgehead atoms. The van der Waals surface area contributed by atoms with Crippen LogP contribution in [0.5, 0.6) is 0 Å². The first-order valence-electron chi connectivity index (χ1n) is 10.6. The Morgan fingerprint density at radius 3 is 2.42 bits per heavy atom. The summed E-state index contributed by atoms with van der Waals surface area (Å²) in [4.78, 5) is 21.6. The number of thioether (sulfide) groups is 1. The molecule has 1 N–H and O–H groups in total. The van der Waals surface area contributed by atoms with E-state index in [0.717, 1.165) is 36.9 Å². The summed E-state index contributed by atoms with van der Waals surface area (Å²) in [6.07, 6.45) is 1.87. The lowest BCUT2D eigenvalue weighted by Crippen LogP contribution is -2.49. The van der Waals surface area contributed by atoms with Gasteiger partial charge >= 0.3 is 0 Å². The van der Waals surface area contributed by atoms with Crippen LogP contribution in [-0.2, 0) is 17.9 Å². The van der Waals surface area contributed by atoms with Gasteiger partial charge in [0.15, 0.2) is 5.16 Å². The second-order valence-corrected chi connectivity index (χ2v) is 8.72.